The van der Waals surface area contributed by atoms with Crippen LogP contribution in [0.3, 0.4) is 0 Å². The molecular formula is C25H30N2O5. The predicted molar refractivity (Wildman–Crippen MR) is 121 cm³/mol. The molecule has 2 unspecified atom stereocenters. The third-order valence-electron chi connectivity index (χ3n) is 6.04. The van der Waals surface area contributed by atoms with E-state index in [1.165, 1.54) is 0 Å². The van der Waals surface area contributed by atoms with Crippen molar-refractivity contribution in [1.82, 2.24) is 10.6 Å². The molecule has 7 nitrogen and oxygen atoms in total. The Morgan fingerprint density at radius 2 is 1.53 bits per heavy atom. The molecule has 0 aliphatic heterocycles. The fourth-order valence-electron chi connectivity index (χ4n) is 4.03. The molecule has 32 heavy (non-hydrogen) atoms. The lowest BCUT2D eigenvalue weighted by Crippen LogP contribution is -2.48. The van der Waals surface area contributed by atoms with E-state index in [9.17, 15) is 19.5 Å². The lowest BCUT2D eigenvalue weighted by Gasteiger charge is -2.23. The topological polar surface area (TPSA) is 105 Å². The van der Waals surface area contributed by atoms with Crippen molar-refractivity contribution < 1.29 is 24.2 Å². The van der Waals surface area contributed by atoms with Crippen LogP contribution in [0.2, 0.25) is 0 Å². The highest BCUT2D eigenvalue weighted by Gasteiger charge is 2.30. The van der Waals surface area contributed by atoms with Crippen molar-refractivity contribution in [2.24, 2.45) is 5.92 Å². The van der Waals surface area contributed by atoms with Gasteiger partial charge in [0.05, 0.1) is 5.92 Å². The smallest absolute Gasteiger partial charge is 0.407 e. The minimum absolute atomic E-state index is 0.0467. The quantitative estimate of drug-likeness (QED) is 0.550. The summed E-state index contributed by atoms with van der Waals surface area (Å²) < 4.78 is 5.52. The van der Waals surface area contributed by atoms with Crippen molar-refractivity contribution >= 4 is 18.0 Å². The molecule has 0 heterocycles. The molecule has 0 fully saturated rings. The molecule has 2 amide bonds. The third-order valence-corrected chi connectivity index (χ3v) is 6.04. The Morgan fingerprint density at radius 3 is 2.06 bits per heavy atom. The van der Waals surface area contributed by atoms with E-state index in [1.807, 2.05) is 43.3 Å². The summed E-state index contributed by atoms with van der Waals surface area (Å²) in [6.07, 6.45) is 0.378. The zero-order valence-electron chi connectivity index (χ0n) is 18.6. The summed E-state index contributed by atoms with van der Waals surface area (Å²) in [6, 6.07) is 14.7. The van der Waals surface area contributed by atoms with Crippen molar-refractivity contribution in [2.75, 3.05) is 6.61 Å². The Balaban J connectivity index is 1.57. The first-order valence-electron chi connectivity index (χ1n) is 11.0. The van der Waals surface area contributed by atoms with Gasteiger partial charge >= 0.3 is 12.1 Å². The monoisotopic (exact) mass is 438 g/mol. The van der Waals surface area contributed by atoms with Gasteiger partial charge in [0.25, 0.3) is 0 Å². The largest absolute Gasteiger partial charge is 0.480 e. The van der Waals surface area contributed by atoms with E-state index in [0.717, 1.165) is 22.3 Å². The number of nitrogens with one attached hydrogen (secondary N) is 2. The van der Waals surface area contributed by atoms with Crippen molar-refractivity contribution in [3.63, 3.8) is 0 Å². The van der Waals surface area contributed by atoms with E-state index >= 15 is 0 Å². The molecule has 3 N–H and O–H groups in total. The Hall–Kier alpha value is -3.35. The fourth-order valence-corrected chi connectivity index (χ4v) is 4.03. The molecule has 2 aromatic carbocycles. The van der Waals surface area contributed by atoms with Crippen molar-refractivity contribution in [1.29, 1.82) is 0 Å². The Morgan fingerprint density at radius 1 is 0.969 bits per heavy atom. The van der Waals surface area contributed by atoms with E-state index < -0.39 is 36.0 Å². The van der Waals surface area contributed by atoms with Crippen LogP contribution in [0.1, 0.15) is 50.7 Å². The Bertz CT molecular complexity index is 944. The highest BCUT2D eigenvalue weighted by Crippen LogP contribution is 2.44. The molecule has 7 heteroatoms. The van der Waals surface area contributed by atoms with Gasteiger partial charge in [-0.2, -0.15) is 0 Å². The molecule has 1 aliphatic carbocycles. The molecule has 1 aliphatic rings. The first-order chi connectivity index (χ1) is 15.3. The Kier molecular flexibility index (Phi) is 7.51. The standard InChI is InChI=1S/C25H30N2O5/c1-4-9-22(24(29)30)27-23(28)15(2)16(3)26-25(31)32-14-21-19-12-7-5-10-17(19)18-11-6-8-13-20(18)21/h5-8,10-13,15-16,21-22H,4,9,14H2,1-3H3,(H,26,31)(H,27,28)(H,29,30)/t15?,16?,22-/m1/s1. The molecular weight excluding hydrogens is 408 g/mol. The number of hydrogen-bond acceptors (Lipinski definition) is 4. The van der Waals surface area contributed by atoms with Gasteiger partial charge in [-0.1, -0.05) is 68.8 Å². The molecule has 2 aromatic rings. The maximum Gasteiger partial charge on any atom is 0.407 e. The van der Waals surface area contributed by atoms with Crippen LogP contribution in [0, 0.1) is 5.92 Å². The van der Waals surface area contributed by atoms with E-state index in [2.05, 4.69) is 22.8 Å². The number of fused-ring (bicyclic) bond motifs is 3. The zero-order chi connectivity index (χ0) is 23.3. The van der Waals surface area contributed by atoms with Gasteiger partial charge in [0.15, 0.2) is 0 Å². The zero-order valence-corrected chi connectivity index (χ0v) is 18.6. The molecule has 0 spiro atoms. The van der Waals surface area contributed by atoms with Crippen LogP contribution in [-0.2, 0) is 14.3 Å². The Labute approximate surface area is 188 Å². The second kappa shape index (κ2) is 10.3. The molecule has 3 atom stereocenters. The van der Waals surface area contributed by atoms with Gasteiger partial charge < -0.3 is 20.5 Å². The average Bonchev–Trinajstić information content (AvgIpc) is 3.10. The summed E-state index contributed by atoms with van der Waals surface area (Å²) in [6.45, 7) is 5.38. The van der Waals surface area contributed by atoms with Crippen LogP contribution >= 0.6 is 0 Å². The average molecular weight is 439 g/mol. The highest BCUT2D eigenvalue weighted by molar-refractivity contribution is 5.85. The summed E-state index contributed by atoms with van der Waals surface area (Å²) in [5.41, 5.74) is 4.54. The molecule has 0 bridgehead atoms. The first-order valence-corrected chi connectivity index (χ1v) is 11.0. The van der Waals surface area contributed by atoms with Gasteiger partial charge in [-0.05, 0) is 35.6 Å². The number of aliphatic carboxylic acids is 1. The number of carboxylic acids is 1. The molecule has 0 saturated heterocycles. The lowest BCUT2D eigenvalue weighted by molar-refractivity contribution is -0.142. The van der Waals surface area contributed by atoms with E-state index in [1.54, 1.807) is 13.8 Å². The van der Waals surface area contributed by atoms with Gasteiger partial charge in [0.2, 0.25) is 5.91 Å². The summed E-state index contributed by atoms with van der Waals surface area (Å²) in [7, 11) is 0. The number of hydrogen-bond donors (Lipinski definition) is 3. The van der Waals surface area contributed by atoms with Gasteiger partial charge in [-0.15, -0.1) is 0 Å². The molecule has 3 rings (SSSR count). The van der Waals surface area contributed by atoms with Crippen LogP contribution in [0.15, 0.2) is 48.5 Å². The summed E-state index contributed by atoms with van der Waals surface area (Å²) in [5.74, 6) is -2.15. The van der Waals surface area contributed by atoms with Crippen LogP contribution in [0.25, 0.3) is 11.1 Å². The number of benzene rings is 2. The lowest BCUT2D eigenvalue weighted by atomic mass is 9.98. The molecule has 0 radical (unpaired) electrons. The maximum absolute atomic E-state index is 12.4. The summed E-state index contributed by atoms with van der Waals surface area (Å²) in [5, 5.41) is 14.5. The van der Waals surface area contributed by atoms with E-state index in [0.29, 0.717) is 12.8 Å². The van der Waals surface area contributed by atoms with Crippen molar-refractivity contribution in [2.45, 2.75) is 51.6 Å². The SMILES string of the molecule is CCC[C@@H](NC(=O)C(C)C(C)NC(=O)OCC1c2ccccc2-c2ccccc21)C(=O)O. The number of amides is 2. The molecule has 0 aromatic heterocycles. The summed E-state index contributed by atoms with van der Waals surface area (Å²) in [4.78, 5) is 36.1. The normalized spacial score (nSPS) is 15.1. The van der Waals surface area contributed by atoms with Crippen LogP contribution in [0.4, 0.5) is 4.79 Å². The molecule has 0 saturated carbocycles. The number of carboxylic acid groups (broad SMARTS) is 1. The van der Waals surface area contributed by atoms with Crippen molar-refractivity contribution in [3.05, 3.63) is 59.7 Å². The van der Waals surface area contributed by atoms with Gasteiger partial charge in [0, 0.05) is 12.0 Å². The van der Waals surface area contributed by atoms with Crippen molar-refractivity contribution in [3.8, 4) is 11.1 Å². The molecule has 170 valence electrons. The number of alkyl carbamates (subject to hydrolysis) is 1. The van der Waals surface area contributed by atoms with Crippen LogP contribution in [0.5, 0.6) is 0 Å². The third kappa shape index (κ3) is 5.10. The van der Waals surface area contributed by atoms with Gasteiger partial charge in [0.1, 0.15) is 12.6 Å². The van der Waals surface area contributed by atoms with Gasteiger partial charge in [-0.25, -0.2) is 9.59 Å². The predicted octanol–water partition coefficient (Wildman–Crippen LogP) is 3.92. The van der Waals surface area contributed by atoms with E-state index in [-0.39, 0.29) is 12.5 Å². The maximum atomic E-state index is 12.4. The minimum atomic E-state index is -1.07. The fraction of sp³-hybridized carbons (Fsp3) is 0.400. The van der Waals surface area contributed by atoms with Crippen LogP contribution < -0.4 is 10.6 Å². The second-order valence-electron chi connectivity index (χ2n) is 8.24. The number of carbonyl (C=O) groups excluding carboxylic acids is 2. The number of carbonyl (C=O) groups is 3. The number of ether oxygens (including phenoxy) is 1. The highest BCUT2D eigenvalue weighted by atomic mass is 16.5. The second-order valence-corrected chi connectivity index (χ2v) is 8.24. The van der Waals surface area contributed by atoms with Crippen LogP contribution in [-0.4, -0.2) is 41.8 Å². The minimum Gasteiger partial charge on any atom is -0.480 e. The first kappa shape index (κ1) is 23.3. The van der Waals surface area contributed by atoms with Gasteiger partial charge in [-0.3, -0.25) is 4.79 Å². The summed E-state index contributed by atoms with van der Waals surface area (Å²) >= 11 is 0. The number of rotatable bonds is 9. The van der Waals surface area contributed by atoms with E-state index in [4.69, 9.17) is 4.74 Å².